The van der Waals surface area contributed by atoms with E-state index < -0.39 is 0 Å². The standard InChI is InChI=1S/C29H26N4O4S2/c1-4-37-23(34)13-19-15-38-29(31-19)33-27(35)26-25(30)24-21(17-7-5-16(2)6-8-17)14-22(32-28(24)39-26)18-9-11-20(36-3)12-10-18/h5-12,14-15H,4,13,30H2,1-3H3,(H,31,33,35). The molecule has 39 heavy (non-hydrogen) atoms. The van der Waals surface area contributed by atoms with Gasteiger partial charge in [-0.05, 0) is 55.3 Å². The highest BCUT2D eigenvalue weighted by Gasteiger charge is 2.23. The number of carbonyl (C=O) groups is 2. The quantitative estimate of drug-likeness (QED) is 0.213. The molecular formula is C29H26N4O4S2. The van der Waals surface area contributed by atoms with E-state index in [1.54, 1.807) is 19.4 Å². The number of nitrogens with two attached hydrogens (primary N) is 1. The SMILES string of the molecule is CCOC(=O)Cc1csc(NC(=O)c2sc3nc(-c4ccc(OC)cc4)cc(-c4ccc(C)cc4)c3c2N)n1. The first-order valence-electron chi connectivity index (χ1n) is 12.2. The van der Waals surface area contributed by atoms with Gasteiger partial charge in [0.2, 0.25) is 0 Å². The Morgan fingerprint density at radius 1 is 1.03 bits per heavy atom. The smallest absolute Gasteiger partial charge is 0.311 e. The van der Waals surface area contributed by atoms with E-state index in [4.69, 9.17) is 20.2 Å². The number of pyridine rings is 1. The van der Waals surface area contributed by atoms with Crippen LogP contribution in [0.25, 0.3) is 32.6 Å². The summed E-state index contributed by atoms with van der Waals surface area (Å²) >= 11 is 2.47. The molecule has 0 saturated carbocycles. The molecule has 10 heteroatoms. The number of esters is 1. The summed E-state index contributed by atoms with van der Waals surface area (Å²) in [5.74, 6) is 0.00991. The zero-order valence-electron chi connectivity index (χ0n) is 21.6. The van der Waals surface area contributed by atoms with Crippen molar-refractivity contribution in [3.05, 3.63) is 76.1 Å². The third-order valence-electron chi connectivity index (χ3n) is 6.06. The van der Waals surface area contributed by atoms with Crippen LogP contribution in [-0.4, -0.2) is 35.6 Å². The number of nitrogens with zero attached hydrogens (tertiary/aromatic N) is 2. The van der Waals surface area contributed by atoms with Gasteiger partial charge in [0.15, 0.2) is 5.13 Å². The predicted octanol–water partition coefficient (Wildman–Crippen LogP) is 6.34. The number of nitrogen functional groups attached to an aromatic ring is 1. The molecule has 3 aromatic heterocycles. The Bertz CT molecular complexity index is 1660. The third kappa shape index (κ3) is 5.62. The average Bonchev–Trinajstić information content (AvgIpc) is 3.52. The van der Waals surface area contributed by atoms with E-state index in [0.717, 1.165) is 39.1 Å². The molecule has 3 heterocycles. The van der Waals surface area contributed by atoms with E-state index in [-0.39, 0.29) is 18.3 Å². The van der Waals surface area contributed by atoms with Crippen LogP contribution in [0.4, 0.5) is 10.8 Å². The molecule has 5 aromatic rings. The molecule has 0 fully saturated rings. The number of amides is 1. The summed E-state index contributed by atoms with van der Waals surface area (Å²) in [6, 6.07) is 17.8. The van der Waals surface area contributed by atoms with Gasteiger partial charge in [-0.2, -0.15) is 0 Å². The molecule has 0 bridgehead atoms. The molecule has 5 rings (SSSR count). The highest BCUT2D eigenvalue weighted by molar-refractivity contribution is 7.21. The highest BCUT2D eigenvalue weighted by Crippen LogP contribution is 2.42. The molecule has 0 aliphatic carbocycles. The number of aromatic nitrogens is 2. The normalized spacial score (nSPS) is 10.9. The van der Waals surface area contributed by atoms with Crippen molar-refractivity contribution in [2.45, 2.75) is 20.3 Å². The first kappa shape index (κ1) is 26.3. The number of hydrogen-bond donors (Lipinski definition) is 2. The van der Waals surface area contributed by atoms with Crippen molar-refractivity contribution in [1.82, 2.24) is 9.97 Å². The number of ether oxygens (including phenoxy) is 2. The van der Waals surface area contributed by atoms with Gasteiger partial charge in [-0.25, -0.2) is 9.97 Å². The van der Waals surface area contributed by atoms with Crippen molar-refractivity contribution in [2.24, 2.45) is 0 Å². The van der Waals surface area contributed by atoms with Gasteiger partial charge in [0, 0.05) is 16.3 Å². The number of rotatable bonds is 8. The lowest BCUT2D eigenvalue weighted by Crippen LogP contribution is -2.12. The van der Waals surface area contributed by atoms with E-state index in [2.05, 4.69) is 10.3 Å². The van der Waals surface area contributed by atoms with Crippen LogP contribution >= 0.6 is 22.7 Å². The van der Waals surface area contributed by atoms with Gasteiger partial charge in [-0.1, -0.05) is 29.8 Å². The fourth-order valence-corrected chi connectivity index (χ4v) is 5.84. The fraction of sp³-hybridized carbons (Fsp3) is 0.172. The maximum absolute atomic E-state index is 13.3. The van der Waals surface area contributed by atoms with Crippen LogP contribution in [0.5, 0.6) is 5.75 Å². The Kier molecular flexibility index (Phi) is 7.58. The van der Waals surface area contributed by atoms with Gasteiger partial charge in [-0.3, -0.25) is 14.9 Å². The van der Waals surface area contributed by atoms with E-state index in [1.807, 2.05) is 61.5 Å². The highest BCUT2D eigenvalue weighted by atomic mass is 32.1. The second-order valence-corrected chi connectivity index (χ2v) is 10.6. The lowest BCUT2D eigenvalue weighted by molar-refractivity contribution is -0.142. The molecule has 0 aliphatic rings. The van der Waals surface area contributed by atoms with E-state index in [0.29, 0.717) is 32.8 Å². The minimum atomic E-state index is -0.381. The molecule has 0 spiro atoms. The Morgan fingerprint density at radius 3 is 2.44 bits per heavy atom. The van der Waals surface area contributed by atoms with Crippen molar-refractivity contribution in [3.63, 3.8) is 0 Å². The summed E-state index contributed by atoms with van der Waals surface area (Å²) in [7, 11) is 1.63. The minimum Gasteiger partial charge on any atom is -0.497 e. The van der Waals surface area contributed by atoms with Crippen molar-refractivity contribution in [1.29, 1.82) is 0 Å². The van der Waals surface area contributed by atoms with Crippen LogP contribution in [0.2, 0.25) is 0 Å². The number of benzene rings is 2. The molecule has 0 atom stereocenters. The number of carbonyl (C=O) groups excluding carboxylic acids is 2. The number of aryl methyl sites for hydroxylation is 1. The largest absolute Gasteiger partial charge is 0.497 e. The van der Waals surface area contributed by atoms with Crippen molar-refractivity contribution in [3.8, 4) is 28.1 Å². The first-order valence-corrected chi connectivity index (χ1v) is 13.9. The summed E-state index contributed by atoms with van der Waals surface area (Å²) in [4.78, 5) is 35.3. The number of methoxy groups -OCH3 is 1. The number of thiazole rings is 1. The van der Waals surface area contributed by atoms with E-state index >= 15 is 0 Å². The second-order valence-electron chi connectivity index (χ2n) is 8.75. The van der Waals surface area contributed by atoms with Crippen molar-refractivity contribution < 1.29 is 19.1 Å². The third-order valence-corrected chi connectivity index (χ3v) is 7.96. The van der Waals surface area contributed by atoms with Gasteiger partial charge in [-0.15, -0.1) is 22.7 Å². The average molecular weight is 559 g/mol. The number of hydrogen-bond acceptors (Lipinski definition) is 9. The fourth-order valence-electron chi connectivity index (χ4n) is 4.12. The van der Waals surface area contributed by atoms with Crippen molar-refractivity contribution in [2.75, 3.05) is 24.8 Å². The molecule has 198 valence electrons. The van der Waals surface area contributed by atoms with Crippen LogP contribution < -0.4 is 15.8 Å². The van der Waals surface area contributed by atoms with E-state index in [9.17, 15) is 9.59 Å². The monoisotopic (exact) mass is 558 g/mol. The Balaban J connectivity index is 1.53. The molecule has 0 radical (unpaired) electrons. The van der Waals surface area contributed by atoms with Crippen LogP contribution in [0.1, 0.15) is 27.9 Å². The minimum absolute atomic E-state index is 0.0448. The maximum Gasteiger partial charge on any atom is 0.311 e. The van der Waals surface area contributed by atoms with Gasteiger partial charge in [0.1, 0.15) is 15.5 Å². The summed E-state index contributed by atoms with van der Waals surface area (Å²) in [6.07, 6.45) is 0.0448. The van der Waals surface area contributed by atoms with Gasteiger partial charge in [0.25, 0.3) is 5.91 Å². The Morgan fingerprint density at radius 2 is 1.74 bits per heavy atom. The second kappa shape index (κ2) is 11.2. The van der Waals surface area contributed by atoms with Gasteiger partial charge >= 0.3 is 5.97 Å². The molecule has 2 aromatic carbocycles. The summed E-state index contributed by atoms with van der Waals surface area (Å²) < 4.78 is 10.3. The van der Waals surface area contributed by atoms with Crippen LogP contribution in [0, 0.1) is 6.92 Å². The van der Waals surface area contributed by atoms with Gasteiger partial charge < -0.3 is 15.2 Å². The molecule has 0 aliphatic heterocycles. The zero-order valence-corrected chi connectivity index (χ0v) is 23.2. The number of anilines is 2. The maximum atomic E-state index is 13.3. The number of nitrogens with one attached hydrogen (secondary N) is 1. The summed E-state index contributed by atoms with van der Waals surface area (Å²) in [6.45, 7) is 4.09. The Labute approximate surface area is 233 Å². The zero-order chi connectivity index (χ0) is 27.5. The number of fused-ring (bicyclic) bond motifs is 1. The molecule has 8 nitrogen and oxygen atoms in total. The van der Waals surface area contributed by atoms with Crippen LogP contribution in [0.15, 0.2) is 60.0 Å². The molecule has 1 amide bonds. The van der Waals surface area contributed by atoms with Crippen LogP contribution in [-0.2, 0) is 16.0 Å². The molecule has 0 saturated heterocycles. The first-order chi connectivity index (χ1) is 18.9. The van der Waals surface area contributed by atoms with E-state index in [1.165, 1.54) is 22.7 Å². The Hall–Kier alpha value is -4.28. The predicted molar refractivity (Wildman–Crippen MR) is 157 cm³/mol. The topological polar surface area (TPSA) is 116 Å². The molecule has 0 unspecified atom stereocenters. The lowest BCUT2D eigenvalue weighted by Gasteiger charge is -2.10. The number of thiophene rings is 1. The van der Waals surface area contributed by atoms with Gasteiger partial charge in [0.05, 0.1) is 37.2 Å². The summed E-state index contributed by atoms with van der Waals surface area (Å²) in [5, 5.41) is 5.64. The van der Waals surface area contributed by atoms with Crippen molar-refractivity contribution >= 4 is 55.6 Å². The molecule has 3 N–H and O–H groups in total. The van der Waals surface area contributed by atoms with Crippen LogP contribution in [0.3, 0.4) is 0 Å². The lowest BCUT2D eigenvalue weighted by atomic mass is 9.98. The molecular weight excluding hydrogens is 532 g/mol. The summed E-state index contributed by atoms with van der Waals surface area (Å²) in [5.41, 5.74) is 12.2.